The zero-order valence-corrected chi connectivity index (χ0v) is 17.1. The topological polar surface area (TPSA) is 57.7 Å². The highest BCUT2D eigenvalue weighted by Crippen LogP contribution is 2.30. The molecule has 1 N–H and O–H groups in total. The van der Waals surface area contributed by atoms with E-state index in [-0.39, 0.29) is 5.91 Å². The Morgan fingerprint density at radius 3 is 2.41 bits per heavy atom. The van der Waals surface area contributed by atoms with Crippen LogP contribution >= 0.6 is 0 Å². The number of amides is 1. The van der Waals surface area contributed by atoms with E-state index in [2.05, 4.69) is 17.4 Å². The van der Waals surface area contributed by atoms with Crippen molar-refractivity contribution in [3.8, 4) is 17.0 Å². The predicted molar refractivity (Wildman–Crippen MR) is 115 cm³/mol. The summed E-state index contributed by atoms with van der Waals surface area (Å²) in [5, 5.41) is 2.87. The number of pyridine rings is 1. The maximum atomic E-state index is 13.3. The molecular weight excluding hydrogens is 364 g/mol. The first kappa shape index (κ1) is 19.4. The number of benzene rings is 2. The van der Waals surface area contributed by atoms with Crippen molar-refractivity contribution in [1.82, 2.24) is 20.3 Å². The fraction of sp³-hybridized carbons (Fsp3) is 0.304. The van der Waals surface area contributed by atoms with Gasteiger partial charge in [-0.05, 0) is 49.9 Å². The molecule has 0 atom stereocenters. The van der Waals surface area contributed by atoms with Gasteiger partial charge in [-0.25, -0.2) is 9.99 Å². The molecule has 0 spiro atoms. The Bertz CT molecular complexity index is 1020. The number of rotatable bonds is 4. The number of para-hydroxylation sites is 1. The van der Waals surface area contributed by atoms with Crippen molar-refractivity contribution in [2.45, 2.75) is 6.92 Å². The van der Waals surface area contributed by atoms with E-state index in [1.165, 1.54) is 0 Å². The Morgan fingerprint density at radius 1 is 1.03 bits per heavy atom. The molecule has 1 aliphatic heterocycles. The van der Waals surface area contributed by atoms with Crippen molar-refractivity contribution < 1.29 is 9.53 Å². The van der Waals surface area contributed by atoms with Crippen molar-refractivity contribution in [2.24, 2.45) is 0 Å². The molecule has 2 aromatic carbocycles. The van der Waals surface area contributed by atoms with Gasteiger partial charge in [0.05, 0.1) is 23.9 Å². The molecule has 0 radical (unpaired) electrons. The lowest BCUT2D eigenvalue weighted by molar-refractivity contribution is 0.0663. The molecule has 0 unspecified atom stereocenters. The van der Waals surface area contributed by atoms with E-state index in [9.17, 15) is 4.79 Å². The molecule has 6 heteroatoms. The molecule has 1 fully saturated rings. The van der Waals surface area contributed by atoms with Crippen LogP contribution in [-0.2, 0) is 0 Å². The van der Waals surface area contributed by atoms with Gasteiger partial charge in [0.1, 0.15) is 5.75 Å². The summed E-state index contributed by atoms with van der Waals surface area (Å²) < 4.78 is 5.27. The Balaban J connectivity index is 1.75. The first-order chi connectivity index (χ1) is 14.1. The number of hydrazine groups is 1. The van der Waals surface area contributed by atoms with E-state index >= 15 is 0 Å². The van der Waals surface area contributed by atoms with Gasteiger partial charge in [-0.15, -0.1) is 0 Å². The number of hydrogen-bond acceptors (Lipinski definition) is 5. The summed E-state index contributed by atoms with van der Waals surface area (Å²) in [4.78, 5) is 20.4. The van der Waals surface area contributed by atoms with Gasteiger partial charge < -0.3 is 9.64 Å². The molecule has 29 heavy (non-hydrogen) atoms. The largest absolute Gasteiger partial charge is 0.497 e. The third kappa shape index (κ3) is 3.95. The molecule has 0 aliphatic carbocycles. The van der Waals surface area contributed by atoms with Crippen LogP contribution in [0.1, 0.15) is 15.9 Å². The highest BCUT2D eigenvalue weighted by atomic mass is 16.5. The highest BCUT2D eigenvalue weighted by molar-refractivity contribution is 6.08. The second-order valence-corrected chi connectivity index (χ2v) is 7.44. The quantitative estimate of drug-likeness (QED) is 0.742. The van der Waals surface area contributed by atoms with E-state index in [0.717, 1.165) is 59.7 Å². The number of aromatic nitrogens is 1. The van der Waals surface area contributed by atoms with Crippen LogP contribution in [0.5, 0.6) is 5.75 Å². The van der Waals surface area contributed by atoms with Crippen molar-refractivity contribution in [1.29, 1.82) is 0 Å². The SMILES string of the molecule is COc1ccc(-c2nc3ccccc3c(C(=O)NN3CCN(C)CC3)c2C)cc1. The number of likely N-dealkylation sites (N-methyl/N-ethyl adjacent to an activating group) is 1. The van der Waals surface area contributed by atoms with Gasteiger partial charge in [0.2, 0.25) is 0 Å². The van der Waals surface area contributed by atoms with Crippen LogP contribution in [0.4, 0.5) is 0 Å². The van der Waals surface area contributed by atoms with Gasteiger partial charge in [-0.2, -0.15) is 0 Å². The lowest BCUT2D eigenvalue weighted by atomic mass is 9.97. The lowest BCUT2D eigenvalue weighted by Crippen LogP contribution is -2.52. The van der Waals surface area contributed by atoms with Gasteiger partial charge in [-0.3, -0.25) is 10.2 Å². The molecule has 1 amide bonds. The summed E-state index contributed by atoms with van der Waals surface area (Å²) in [7, 11) is 3.75. The summed E-state index contributed by atoms with van der Waals surface area (Å²) in [6, 6.07) is 15.6. The van der Waals surface area contributed by atoms with Gasteiger partial charge in [0.15, 0.2) is 0 Å². The van der Waals surface area contributed by atoms with Crippen molar-refractivity contribution in [3.63, 3.8) is 0 Å². The third-order valence-electron chi connectivity index (χ3n) is 5.49. The minimum absolute atomic E-state index is 0.0829. The molecular formula is C23H26N4O2. The maximum Gasteiger partial charge on any atom is 0.266 e. The fourth-order valence-electron chi connectivity index (χ4n) is 3.75. The molecule has 0 bridgehead atoms. The number of methoxy groups -OCH3 is 1. The van der Waals surface area contributed by atoms with Crippen LogP contribution in [-0.4, -0.2) is 61.1 Å². The predicted octanol–water partition coefficient (Wildman–Crippen LogP) is 3.11. The van der Waals surface area contributed by atoms with E-state index in [4.69, 9.17) is 9.72 Å². The van der Waals surface area contributed by atoms with E-state index in [1.54, 1.807) is 7.11 Å². The molecule has 0 saturated carbocycles. The minimum Gasteiger partial charge on any atom is -0.497 e. The molecule has 1 aromatic heterocycles. The number of ether oxygens (including phenoxy) is 1. The molecule has 1 saturated heterocycles. The van der Waals surface area contributed by atoms with E-state index < -0.39 is 0 Å². The van der Waals surface area contributed by atoms with E-state index in [0.29, 0.717) is 5.56 Å². The van der Waals surface area contributed by atoms with Gasteiger partial charge in [-0.1, -0.05) is 18.2 Å². The summed E-state index contributed by atoms with van der Waals surface area (Å²) in [5.74, 6) is 0.709. The number of hydrogen-bond donors (Lipinski definition) is 1. The molecule has 3 aromatic rings. The summed E-state index contributed by atoms with van der Waals surface area (Å²) in [6.07, 6.45) is 0. The first-order valence-corrected chi connectivity index (χ1v) is 9.85. The smallest absolute Gasteiger partial charge is 0.266 e. The van der Waals surface area contributed by atoms with Gasteiger partial charge >= 0.3 is 0 Å². The molecule has 1 aliphatic rings. The number of fused-ring (bicyclic) bond motifs is 1. The van der Waals surface area contributed by atoms with Crippen LogP contribution in [0.2, 0.25) is 0 Å². The van der Waals surface area contributed by atoms with Crippen LogP contribution in [0, 0.1) is 6.92 Å². The van der Waals surface area contributed by atoms with Gasteiger partial charge in [0.25, 0.3) is 5.91 Å². The van der Waals surface area contributed by atoms with Crippen LogP contribution < -0.4 is 10.2 Å². The molecule has 150 valence electrons. The fourth-order valence-corrected chi connectivity index (χ4v) is 3.75. The highest BCUT2D eigenvalue weighted by Gasteiger charge is 2.22. The van der Waals surface area contributed by atoms with Crippen LogP contribution in [0.15, 0.2) is 48.5 Å². The summed E-state index contributed by atoms with van der Waals surface area (Å²) in [6.45, 7) is 5.48. The number of nitrogens with zero attached hydrogens (tertiary/aromatic N) is 3. The standard InChI is InChI=1S/C23H26N4O2/c1-16-21(23(28)25-27-14-12-26(2)13-15-27)19-6-4-5-7-20(19)24-22(16)17-8-10-18(29-3)11-9-17/h4-11H,12-15H2,1-3H3,(H,25,28). The molecule has 2 heterocycles. The van der Waals surface area contributed by atoms with Crippen LogP contribution in [0.3, 0.4) is 0 Å². The summed E-state index contributed by atoms with van der Waals surface area (Å²) >= 11 is 0. The number of nitrogens with one attached hydrogen (secondary N) is 1. The maximum absolute atomic E-state index is 13.3. The number of carbonyl (C=O) groups is 1. The Kier molecular flexibility index (Phi) is 5.47. The zero-order chi connectivity index (χ0) is 20.4. The Hall–Kier alpha value is -2.96. The zero-order valence-electron chi connectivity index (χ0n) is 17.1. The van der Waals surface area contributed by atoms with Gasteiger partial charge in [0, 0.05) is 37.1 Å². The van der Waals surface area contributed by atoms with E-state index in [1.807, 2.05) is 60.5 Å². The first-order valence-electron chi connectivity index (χ1n) is 9.85. The van der Waals surface area contributed by atoms with Crippen molar-refractivity contribution in [2.75, 3.05) is 40.3 Å². The minimum atomic E-state index is -0.0829. The average molecular weight is 390 g/mol. The monoisotopic (exact) mass is 390 g/mol. The van der Waals surface area contributed by atoms with Crippen molar-refractivity contribution >= 4 is 16.8 Å². The summed E-state index contributed by atoms with van der Waals surface area (Å²) in [5.41, 5.74) is 7.25. The van der Waals surface area contributed by atoms with Crippen LogP contribution in [0.25, 0.3) is 22.2 Å². The normalized spacial score (nSPS) is 15.4. The second-order valence-electron chi connectivity index (χ2n) is 7.44. The lowest BCUT2D eigenvalue weighted by Gasteiger charge is -2.32. The number of carbonyl (C=O) groups excluding carboxylic acids is 1. The average Bonchev–Trinajstić information content (AvgIpc) is 2.75. The Labute approximate surface area is 171 Å². The second kappa shape index (κ2) is 8.19. The number of piperazine rings is 1. The van der Waals surface area contributed by atoms with Crippen molar-refractivity contribution in [3.05, 3.63) is 59.7 Å². The molecule has 6 nitrogen and oxygen atoms in total. The molecule has 4 rings (SSSR count). The Morgan fingerprint density at radius 2 is 1.72 bits per heavy atom. The third-order valence-corrected chi connectivity index (χ3v) is 5.49.